The van der Waals surface area contributed by atoms with Crippen LogP contribution in [-0.4, -0.2) is 0 Å². The summed E-state index contributed by atoms with van der Waals surface area (Å²) in [5.41, 5.74) is 5.86. The van der Waals surface area contributed by atoms with Crippen LogP contribution in [-0.2, 0) is 0 Å². The van der Waals surface area contributed by atoms with Gasteiger partial charge >= 0.3 is 0 Å². The Balaban J connectivity index is 1.62. The van der Waals surface area contributed by atoms with Crippen molar-refractivity contribution >= 4 is 0 Å². The maximum atomic E-state index is 2.39. The largest absolute Gasteiger partial charge is 0.0648 e. The highest BCUT2D eigenvalue weighted by Gasteiger charge is 2.25. The third kappa shape index (κ3) is 6.48. The average molecular weight is 447 g/mol. The molecule has 0 aliphatic heterocycles. The fourth-order valence-corrected chi connectivity index (χ4v) is 5.48. The van der Waals surface area contributed by atoms with E-state index in [2.05, 4.69) is 135 Å². The third-order valence-electron chi connectivity index (χ3n) is 7.45. The van der Waals surface area contributed by atoms with Crippen LogP contribution in [0.15, 0.2) is 121 Å². The van der Waals surface area contributed by atoms with Gasteiger partial charge in [0.15, 0.2) is 0 Å². The highest BCUT2D eigenvalue weighted by molar-refractivity contribution is 5.27. The van der Waals surface area contributed by atoms with Crippen molar-refractivity contribution in [2.75, 3.05) is 0 Å². The third-order valence-corrected chi connectivity index (χ3v) is 7.45. The van der Waals surface area contributed by atoms with Crippen LogP contribution in [0.4, 0.5) is 0 Å². The Morgan fingerprint density at radius 3 is 1.15 bits per heavy atom. The number of hydrogen-bond acceptors (Lipinski definition) is 0. The summed E-state index contributed by atoms with van der Waals surface area (Å²) in [6.45, 7) is 4.73. The van der Waals surface area contributed by atoms with Gasteiger partial charge in [-0.2, -0.15) is 0 Å². The van der Waals surface area contributed by atoms with Crippen molar-refractivity contribution in [3.63, 3.8) is 0 Å². The Morgan fingerprint density at radius 1 is 0.412 bits per heavy atom. The molecular weight excluding hydrogens is 408 g/mol. The van der Waals surface area contributed by atoms with E-state index in [9.17, 15) is 0 Å². The van der Waals surface area contributed by atoms with Crippen LogP contribution >= 0.6 is 0 Å². The van der Waals surface area contributed by atoms with Gasteiger partial charge in [0.2, 0.25) is 0 Å². The molecule has 0 saturated carbocycles. The van der Waals surface area contributed by atoms with Gasteiger partial charge < -0.3 is 0 Å². The fraction of sp³-hybridized carbons (Fsp3) is 0.294. The van der Waals surface area contributed by atoms with Crippen molar-refractivity contribution in [3.05, 3.63) is 144 Å². The monoisotopic (exact) mass is 446 g/mol. The van der Waals surface area contributed by atoms with E-state index in [1.165, 1.54) is 47.9 Å². The minimum absolute atomic E-state index is 0.523. The van der Waals surface area contributed by atoms with Crippen LogP contribution in [0.3, 0.4) is 0 Å². The molecule has 0 aliphatic carbocycles. The molecule has 4 unspecified atom stereocenters. The summed E-state index contributed by atoms with van der Waals surface area (Å²) in [4.78, 5) is 0. The van der Waals surface area contributed by atoms with E-state index >= 15 is 0 Å². The van der Waals surface area contributed by atoms with Crippen LogP contribution in [0.2, 0.25) is 0 Å². The lowest BCUT2D eigenvalue weighted by atomic mass is 9.75. The minimum atomic E-state index is 0.523. The first-order chi connectivity index (χ1) is 16.7. The van der Waals surface area contributed by atoms with Gasteiger partial charge in [0.05, 0.1) is 0 Å². The summed E-state index contributed by atoms with van der Waals surface area (Å²) in [6, 6.07) is 44.6. The molecule has 0 bridgehead atoms. The Bertz CT molecular complexity index is 1070. The summed E-state index contributed by atoms with van der Waals surface area (Å²) in [7, 11) is 0. The van der Waals surface area contributed by atoms with Gasteiger partial charge in [0, 0.05) is 0 Å². The van der Waals surface area contributed by atoms with E-state index in [1.54, 1.807) is 0 Å². The van der Waals surface area contributed by atoms with Crippen molar-refractivity contribution < 1.29 is 0 Å². The molecule has 34 heavy (non-hydrogen) atoms. The highest BCUT2D eigenvalue weighted by atomic mass is 14.3. The van der Waals surface area contributed by atoms with E-state index in [0.717, 1.165) is 0 Å². The zero-order valence-corrected chi connectivity index (χ0v) is 20.7. The number of rotatable bonds is 11. The molecule has 0 aromatic heterocycles. The van der Waals surface area contributed by atoms with Gasteiger partial charge in [-0.25, -0.2) is 0 Å². The Morgan fingerprint density at radius 2 is 0.735 bits per heavy atom. The highest BCUT2D eigenvalue weighted by Crippen LogP contribution is 2.41. The van der Waals surface area contributed by atoms with Crippen LogP contribution in [0, 0.1) is 0 Å². The van der Waals surface area contributed by atoms with Gasteiger partial charge in [-0.1, -0.05) is 135 Å². The predicted octanol–water partition coefficient (Wildman–Crippen LogP) is 9.72. The molecule has 4 atom stereocenters. The normalized spacial score (nSPS) is 14.8. The summed E-state index contributed by atoms with van der Waals surface area (Å²) in [6.07, 6.45) is 4.70. The molecule has 0 heteroatoms. The van der Waals surface area contributed by atoms with E-state index in [4.69, 9.17) is 0 Å². The zero-order valence-electron chi connectivity index (χ0n) is 20.7. The topological polar surface area (TPSA) is 0 Å². The van der Waals surface area contributed by atoms with Crippen molar-refractivity contribution in [1.82, 2.24) is 0 Å². The summed E-state index contributed by atoms with van der Waals surface area (Å²) < 4.78 is 0. The average Bonchev–Trinajstić information content (AvgIpc) is 2.92. The van der Waals surface area contributed by atoms with Gasteiger partial charge in [0.1, 0.15) is 0 Å². The molecule has 4 rings (SSSR count). The molecular formula is C34H38. The van der Waals surface area contributed by atoms with E-state index < -0.39 is 0 Å². The molecule has 0 radical (unpaired) electrons. The van der Waals surface area contributed by atoms with E-state index in [1.807, 2.05) is 0 Å². The maximum absolute atomic E-state index is 2.39. The van der Waals surface area contributed by atoms with E-state index in [-0.39, 0.29) is 0 Å². The summed E-state index contributed by atoms with van der Waals surface area (Å²) >= 11 is 0. The number of benzene rings is 4. The van der Waals surface area contributed by atoms with Crippen LogP contribution < -0.4 is 0 Å². The molecule has 4 aromatic carbocycles. The zero-order chi connectivity index (χ0) is 23.6. The molecule has 0 aliphatic rings. The quantitative estimate of drug-likeness (QED) is 0.215. The van der Waals surface area contributed by atoms with Gasteiger partial charge in [0.25, 0.3) is 0 Å². The standard InChI is InChI=1S/C34H38/c1-3-28(30-18-10-5-11-19-30)25-34(32-22-14-7-15-23-32)26-33(31-20-12-6-13-21-31)24-27(2)29-16-8-4-9-17-29/h4-23,27-28,33-34H,3,24-26H2,1-2H3. The first-order valence-electron chi connectivity index (χ1n) is 12.9. The lowest BCUT2D eigenvalue weighted by molar-refractivity contribution is 0.428. The molecule has 0 nitrogen and oxygen atoms in total. The second kappa shape index (κ2) is 12.4. The first-order valence-corrected chi connectivity index (χ1v) is 12.9. The second-order valence-electron chi connectivity index (χ2n) is 9.75. The van der Waals surface area contributed by atoms with Crippen molar-refractivity contribution in [2.45, 2.75) is 63.2 Å². The summed E-state index contributed by atoms with van der Waals surface area (Å²) in [5.74, 6) is 2.16. The number of hydrogen-bond donors (Lipinski definition) is 0. The molecule has 0 saturated heterocycles. The summed E-state index contributed by atoms with van der Waals surface area (Å²) in [5, 5.41) is 0. The maximum Gasteiger partial charge on any atom is -0.0150 e. The lowest BCUT2D eigenvalue weighted by Gasteiger charge is -2.29. The Kier molecular flexibility index (Phi) is 8.74. The van der Waals surface area contributed by atoms with Gasteiger partial charge in [-0.15, -0.1) is 0 Å². The molecule has 0 fully saturated rings. The minimum Gasteiger partial charge on any atom is -0.0648 e. The second-order valence-corrected chi connectivity index (χ2v) is 9.75. The van der Waals surface area contributed by atoms with Crippen LogP contribution in [0.25, 0.3) is 0 Å². The first kappa shape index (κ1) is 24.0. The molecule has 0 amide bonds. The smallest absolute Gasteiger partial charge is 0.0150 e. The van der Waals surface area contributed by atoms with Crippen molar-refractivity contribution in [3.8, 4) is 0 Å². The van der Waals surface area contributed by atoms with Crippen LogP contribution in [0.5, 0.6) is 0 Å². The van der Waals surface area contributed by atoms with Crippen LogP contribution in [0.1, 0.15) is 85.5 Å². The van der Waals surface area contributed by atoms with E-state index in [0.29, 0.717) is 23.7 Å². The molecule has 0 heterocycles. The molecule has 4 aromatic rings. The lowest BCUT2D eigenvalue weighted by Crippen LogP contribution is -2.13. The predicted molar refractivity (Wildman–Crippen MR) is 147 cm³/mol. The molecule has 174 valence electrons. The Hall–Kier alpha value is -3.12. The van der Waals surface area contributed by atoms with Crippen molar-refractivity contribution in [1.29, 1.82) is 0 Å². The molecule has 0 N–H and O–H groups in total. The van der Waals surface area contributed by atoms with Crippen molar-refractivity contribution in [2.24, 2.45) is 0 Å². The fourth-order valence-electron chi connectivity index (χ4n) is 5.48. The SMILES string of the molecule is CCC(CC(CC(CC(C)c1ccccc1)c1ccccc1)c1ccccc1)c1ccccc1. The van der Waals surface area contributed by atoms with Gasteiger partial charge in [-0.05, 0) is 71.6 Å². The van der Waals surface area contributed by atoms with Gasteiger partial charge in [-0.3, -0.25) is 0 Å². The Labute approximate surface area is 206 Å². The molecule has 0 spiro atoms.